The number of aromatic nitrogens is 4. The summed E-state index contributed by atoms with van der Waals surface area (Å²) < 4.78 is 1.66. The van der Waals surface area contributed by atoms with Crippen molar-refractivity contribution in [2.75, 3.05) is 5.32 Å². The first-order chi connectivity index (χ1) is 14.0. The number of para-hydroxylation sites is 1. The molecule has 0 aliphatic heterocycles. The van der Waals surface area contributed by atoms with Crippen LogP contribution in [0.3, 0.4) is 0 Å². The van der Waals surface area contributed by atoms with Crippen LogP contribution in [0.2, 0.25) is 0 Å². The van der Waals surface area contributed by atoms with Crippen LogP contribution >= 0.6 is 0 Å². The van der Waals surface area contributed by atoms with Crippen molar-refractivity contribution in [3.63, 3.8) is 0 Å². The Hall–Kier alpha value is -3.79. The second-order valence-corrected chi connectivity index (χ2v) is 7.04. The number of hydrogen-bond acceptors (Lipinski definition) is 5. The molecule has 29 heavy (non-hydrogen) atoms. The van der Waals surface area contributed by atoms with E-state index in [1.807, 2.05) is 51.1 Å². The summed E-state index contributed by atoms with van der Waals surface area (Å²) in [5, 5.41) is 17.4. The van der Waals surface area contributed by atoms with Crippen molar-refractivity contribution < 1.29 is 4.79 Å². The molecule has 0 aliphatic carbocycles. The molecule has 144 valence electrons. The zero-order valence-corrected chi connectivity index (χ0v) is 16.5. The van der Waals surface area contributed by atoms with Gasteiger partial charge in [0.05, 0.1) is 17.4 Å². The fourth-order valence-electron chi connectivity index (χ4n) is 3.55. The Balaban J connectivity index is 1.55. The van der Waals surface area contributed by atoms with Crippen molar-refractivity contribution in [1.29, 1.82) is 5.26 Å². The molecule has 0 radical (unpaired) electrons. The molecule has 7 nitrogen and oxygen atoms in total. The number of aryl methyl sites for hydroxylation is 3. The zero-order valence-electron chi connectivity index (χ0n) is 16.5. The highest BCUT2D eigenvalue weighted by Crippen LogP contribution is 2.23. The van der Waals surface area contributed by atoms with Crippen LogP contribution < -0.4 is 5.32 Å². The highest BCUT2D eigenvalue weighted by molar-refractivity contribution is 6.00. The first-order valence-electron chi connectivity index (χ1n) is 9.38. The second-order valence-electron chi connectivity index (χ2n) is 7.04. The third kappa shape index (κ3) is 3.41. The van der Waals surface area contributed by atoms with Gasteiger partial charge in [-0.2, -0.15) is 10.4 Å². The van der Waals surface area contributed by atoms with Crippen molar-refractivity contribution >= 4 is 28.1 Å². The maximum atomic E-state index is 12.6. The lowest BCUT2D eigenvalue weighted by molar-refractivity contribution is -0.116. The lowest BCUT2D eigenvalue weighted by Crippen LogP contribution is -2.14. The van der Waals surface area contributed by atoms with Gasteiger partial charge in [-0.05, 0) is 44.9 Å². The van der Waals surface area contributed by atoms with Gasteiger partial charge in [-0.1, -0.05) is 18.2 Å². The molecule has 0 bridgehead atoms. The van der Waals surface area contributed by atoms with E-state index in [0.717, 1.165) is 33.5 Å². The Kier molecular flexibility index (Phi) is 4.69. The standard InChI is InChI=1S/C22H20N6O/c1-13-7-8-16-5-4-6-19(21(16)25-13)27-20(29)10-9-18-14(2)26-22-17(11-23)12-24-28(22)15(18)3/h4-8,12H,9-10H2,1-3H3,(H,27,29). The predicted molar refractivity (Wildman–Crippen MR) is 111 cm³/mol. The van der Waals surface area contributed by atoms with E-state index in [0.29, 0.717) is 29.7 Å². The van der Waals surface area contributed by atoms with Gasteiger partial charge in [0.25, 0.3) is 0 Å². The molecule has 0 unspecified atom stereocenters. The monoisotopic (exact) mass is 384 g/mol. The number of benzene rings is 1. The number of anilines is 1. The normalized spacial score (nSPS) is 11.0. The van der Waals surface area contributed by atoms with Crippen molar-refractivity contribution in [2.24, 2.45) is 0 Å². The van der Waals surface area contributed by atoms with Gasteiger partial charge < -0.3 is 5.32 Å². The molecule has 0 saturated carbocycles. The highest BCUT2D eigenvalue weighted by Gasteiger charge is 2.15. The number of pyridine rings is 1. The van der Waals surface area contributed by atoms with Crippen LogP contribution in [0.1, 0.15) is 34.6 Å². The molecule has 0 spiro atoms. The minimum absolute atomic E-state index is 0.0853. The minimum Gasteiger partial charge on any atom is -0.324 e. The van der Waals surface area contributed by atoms with Gasteiger partial charge in [0.2, 0.25) is 5.91 Å². The van der Waals surface area contributed by atoms with E-state index in [1.54, 1.807) is 4.52 Å². The summed E-state index contributed by atoms with van der Waals surface area (Å²) in [6.07, 6.45) is 2.36. The number of carbonyl (C=O) groups excluding carboxylic acids is 1. The van der Waals surface area contributed by atoms with Crippen LogP contribution in [0, 0.1) is 32.1 Å². The molecule has 4 rings (SSSR count). The van der Waals surface area contributed by atoms with E-state index in [9.17, 15) is 10.1 Å². The Bertz CT molecular complexity index is 1300. The molecular formula is C22H20N6O. The summed E-state index contributed by atoms with van der Waals surface area (Å²) in [6, 6.07) is 11.8. The lowest BCUT2D eigenvalue weighted by atomic mass is 10.1. The Morgan fingerprint density at radius 1 is 1.17 bits per heavy atom. The third-order valence-electron chi connectivity index (χ3n) is 5.06. The smallest absolute Gasteiger partial charge is 0.224 e. The van der Waals surface area contributed by atoms with Crippen LogP contribution in [0.25, 0.3) is 16.6 Å². The summed E-state index contributed by atoms with van der Waals surface area (Å²) in [7, 11) is 0. The molecule has 1 amide bonds. The van der Waals surface area contributed by atoms with Crippen LogP contribution in [-0.2, 0) is 11.2 Å². The van der Waals surface area contributed by atoms with E-state index in [-0.39, 0.29) is 5.91 Å². The Morgan fingerprint density at radius 3 is 2.79 bits per heavy atom. The fraction of sp³-hybridized carbons (Fsp3) is 0.227. The first-order valence-corrected chi connectivity index (χ1v) is 9.38. The van der Waals surface area contributed by atoms with Crippen molar-refractivity contribution in [1.82, 2.24) is 19.6 Å². The van der Waals surface area contributed by atoms with Gasteiger partial charge in [-0.3, -0.25) is 9.78 Å². The number of amides is 1. The van der Waals surface area contributed by atoms with Gasteiger partial charge in [0.1, 0.15) is 11.6 Å². The number of hydrogen-bond donors (Lipinski definition) is 1. The lowest BCUT2D eigenvalue weighted by Gasteiger charge is -2.12. The van der Waals surface area contributed by atoms with Gasteiger partial charge in [-0.15, -0.1) is 0 Å². The van der Waals surface area contributed by atoms with Crippen molar-refractivity contribution in [3.05, 3.63) is 64.7 Å². The Labute approximate surface area is 168 Å². The van der Waals surface area contributed by atoms with Crippen LogP contribution in [0.4, 0.5) is 5.69 Å². The summed E-state index contributed by atoms with van der Waals surface area (Å²) in [5.41, 5.74) is 6.06. The largest absolute Gasteiger partial charge is 0.324 e. The average molecular weight is 384 g/mol. The van der Waals surface area contributed by atoms with E-state index in [1.165, 1.54) is 6.20 Å². The number of nitrogens with one attached hydrogen (secondary N) is 1. The topological polar surface area (TPSA) is 96.0 Å². The quantitative estimate of drug-likeness (QED) is 0.579. The summed E-state index contributed by atoms with van der Waals surface area (Å²) in [4.78, 5) is 21.7. The molecule has 1 N–H and O–H groups in total. The maximum Gasteiger partial charge on any atom is 0.224 e. The van der Waals surface area contributed by atoms with Gasteiger partial charge >= 0.3 is 0 Å². The van der Waals surface area contributed by atoms with Crippen LogP contribution in [0.5, 0.6) is 0 Å². The summed E-state index contributed by atoms with van der Waals surface area (Å²) in [6.45, 7) is 5.76. The molecule has 3 heterocycles. The highest BCUT2D eigenvalue weighted by atomic mass is 16.1. The SMILES string of the molecule is Cc1ccc2cccc(NC(=O)CCc3c(C)nc4c(C#N)cnn4c3C)c2n1. The number of nitriles is 1. The molecule has 7 heteroatoms. The first kappa shape index (κ1) is 18.6. The predicted octanol–water partition coefficient (Wildman–Crippen LogP) is 3.65. The Morgan fingerprint density at radius 2 is 2.00 bits per heavy atom. The minimum atomic E-state index is -0.0853. The second kappa shape index (κ2) is 7.32. The van der Waals surface area contributed by atoms with Gasteiger partial charge in [-0.25, -0.2) is 9.50 Å². The van der Waals surface area contributed by atoms with Gasteiger partial charge in [0, 0.05) is 28.9 Å². The van der Waals surface area contributed by atoms with E-state index >= 15 is 0 Å². The zero-order chi connectivity index (χ0) is 20.5. The van der Waals surface area contributed by atoms with Crippen molar-refractivity contribution in [2.45, 2.75) is 33.6 Å². The number of carbonyl (C=O) groups is 1. The third-order valence-corrected chi connectivity index (χ3v) is 5.06. The molecule has 0 aliphatic rings. The molecule has 0 atom stereocenters. The maximum absolute atomic E-state index is 12.6. The van der Waals surface area contributed by atoms with Crippen molar-refractivity contribution in [3.8, 4) is 6.07 Å². The number of fused-ring (bicyclic) bond motifs is 2. The summed E-state index contributed by atoms with van der Waals surface area (Å²) >= 11 is 0. The van der Waals surface area contributed by atoms with E-state index in [4.69, 9.17) is 0 Å². The van der Waals surface area contributed by atoms with Crippen LogP contribution in [0.15, 0.2) is 36.5 Å². The molecular weight excluding hydrogens is 364 g/mol. The van der Waals surface area contributed by atoms with Gasteiger partial charge in [0.15, 0.2) is 5.65 Å². The number of rotatable bonds is 4. The average Bonchev–Trinajstić information content (AvgIpc) is 3.11. The van der Waals surface area contributed by atoms with E-state index < -0.39 is 0 Å². The number of nitrogens with zero attached hydrogens (tertiary/aromatic N) is 5. The molecule has 0 saturated heterocycles. The van der Waals surface area contributed by atoms with E-state index in [2.05, 4.69) is 26.5 Å². The van der Waals surface area contributed by atoms with Crippen LogP contribution in [-0.4, -0.2) is 25.5 Å². The molecule has 3 aromatic heterocycles. The molecule has 4 aromatic rings. The molecule has 1 aromatic carbocycles. The fourth-order valence-corrected chi connectivity index (χ4v) is 3.55. The summed E-state index contributed by atoms with van der Waals surface area (Å²) in [5.74, 6) is -0.0853. The molecule has 0 fully saturated rings.